The number of allylic oxidation sites excluding steroid dienone is 10. The Morgan fingerprint density at radius 3 is 1.60 bits per heavy atom. The van der Waals surface area contributed by atoms with E-state index < -0.39 is 32.5 Å². The monoisotopic (exact) mass is 762 g/mol. The minimum absolute atomic E-state index is 0.167. The first-order chi connectivity index (χ1) is 25.7. The highest BCUT2D eigenvalue weighted by molar-refractivity contribution is 7.46. The maximum absolute atomic E-state index is 12.4. The lowest BCUT2D eigenvalue weighted by molar-refractivity contribution is -0.161. The van der Waals surface area contributed by atoms with Crippen LogP contribution in [0.4, 0.5) is 0 Å². The third-order valence-corrected chi connectivity index (χ3v) is 9.09. The zero-order chi connectivity index (χ0) is 38.7. The van der Waals surface area contributed by atoms with E-state index in [0.717, 1.165) is 64.2 Å². The van der Waals surface area contributed by atoms with Crippen molar-refractivity contribution < 1.29 is 42.7 Å². The van der Waals surface area contributed by atoms with Crippen molar-refractivity contribution in [2.24, 2.45) is 0 Å². The van der Waals surface area contributed by atoms with E-state index in [4.69, 9.17) is 24.0 Å². The summed E-state index contributed by atoms with van der Waals surface area (Å²) in [7, 11) is -4.78. The quantitative estimate of drug-likeness (QED) is 0.0213. The van der Waals surface area contributed by atoms with Crippen LogP contribution in [0.3, 0.4) is 0 Å². The van der Waals surface area contributed by atoms with Gasteiger partial charge in [-0.05, 0) is 89.9 Å². The highest BCUT2D eigenvalue weighted by Gasteiger charge is 2.36. The number of rotatable bonds is 35. The number of unbranched alkanes of at least 4 members (excludes halogenated alkanes) is 11. The molecule has 9 nitrogen and oxygen atoms in total. The third kappa shape index (κ3) is 33.7. The van der Waals surface area contributed by atoms with Crippen LogP contribution >= 0.6 is 7.82 Å². The molecule has 1 saturated heterocycles. The molecule has 0 spiro atoms. The fraction of sp³-hybridized carbons (Fsp3) is 0.674. The topological polar surface area (TPSA) is 132 Å². The van der Waals surface area contributed by atoms with Crippen LogP contribution in [0.25, 0.3) is 0 Å². The summed E-state index contributed by atoms with van der Waals surface area (Å²) in [6.45, 7) is 3.54. The Bertz CT molecular complexity index is 1150. The van der Waals surface area contributed by atoms with Crippen molar-refractivity contribution in [2.75, 3.05) is 13.2 Å². The maximum Gasteiger partial charge on any atom is 0.469 e. The summed E-state index contributed by atoms with van der Waals surface area (Å²) in [4.78, 5) is 42.9. The summed E-state index contributed by atoms with van der Waals surface area (Å²) in [5.41, 5.74) is 0. The van der Waals surface area contributed by atoms with Gasteiger partial charge >= 0.3 is 19.8 Å². The van der Waals surface area contributed by atoms with Gasteiger partial charge < -0.3 is 24.0 Å². The summed E-state index contributed by atoms with van der Waals surface area (Å²) in [5, 5.41) is 0. The van der Waals surface area contributed by atoms with E-state index in [9.17, 15) is 14.2 Å². The molecule has 0 radical (unpaired) electrons. The van der Waals surface area contributed by atoms with E-state index in [-0.39, 0.29) is 31.7 Å². The first-order valence-electron chi connectivity index (χ1n) is 20.4. The molecule has 2 N–H and O–H groups in total. The van der Waals surface area contributed by atoms with Gasteiger partial charge in [0.05, 0.1) is 18.8 Å². The van der Waals surface area contributed by atoms with Gasteiger partial charge in [0.2, 0.25) is 0 Å². The zero-order valence-corrected chi connectivity index (χ0v) is 33.7. The van der Waals surface area contributed by atoms with Crippen molar-refractivity contribution in [1.82, 2.24) is 0 Å². The number of epoxide rings is 1. The Kier molecular flexibility index (Phi) is 31.1. The molecule has 1 aliphatic rings. The molecule has 2 unspecified atom stereocenters. The van der Waals surface area contributed by atoms with Gasteiger partial charge in [-0.15, -0.1) is 0 Å². The van der Waals surface area contributed by atoms with E-state index in [2.05, 4.69) is 85.2 Å². The summed E-state index contributed by atoms with van der Waals surface area (Å²) in [5.74, 6) is -0.990. The zero-order valence-electron chi connectivity index (χ0n) is 32.8. The number of hydrogen-bond acceptors (Lipinski definition) is 7. The predicted octanol–water partition coefficient (Wildman–Crippen LogP) is 11.3. The van der Waals surface area contributed by atoms with Crippen LogP contribution in [-0.2, 0) is 32.9 Å². The van der Waals surface area contributed by atoms with Crippen LogP contribution in [0.1, 0.15) is 155 Å². The minimum Gasteiger partial charge on any atom is -0.462 e. The van der Waals surface area contributed by atoms with Crippen molar-refractivity contribution in [1.29, 1.82) is 0 Å². The van der Waals surface area contributed by atoms with Crippen LogP contribution in [0.15, 0.2) is 72.9 Å². The minimum atomic E-state index is -4.78. The van der Waals surface area contributed by atoms with Crippen LogP contribution in [0.5, 0.6) is 0 Å². The van der Waals surface area contributed by atoms with Crippen LogP contribution in [0.2, 0.25) is 0 Å². The van der Waals surface area contributed by atoms with E-state index in [1.165, 1.54) is 44.9 Å². The van der Waals surface area contributed by atoms with Crippen LogP contribution < -0.4 is 0 Å². The van der Waals surface area contributed by atoms with Gasteiger partial charge in [0, 0.05) is 12.8 Å². The van der Waals surface area contributed by atoms with Crippen LogP contribution in [0, 0.1) is 0 Å². The first kappa shape index (κ1) is 48.5. The van der Waals surface area contributed by atoms with Crippen molar-refractivity contribution in [3.63, 3.8) is 0 Å². The SMILES string of the molecule is CCCCC/C=C\C/C=C\C/C=C\CCCCCCC(=O)O[C@H](COC(=O)CCC/C=C\CC1OC1C/C=C\C/C=C\CCCCC)COP(=O)(O)O. The Balaban J connectivity index is 2.15. The Morgan fingerprint density at radius 1 is 0.585 bits per heavy atom. The normalized spacial score (nSPS) is 17.1. The molecular weight excluding hydrogens is 691 g/mol. The van der Waals surface area contributed by atoms with Crippen LogP contribution in [-0.4, -0.2) is 53.3 Å². The molecule has 0 aromatic heterocycles. The molecule has 0 bridgehead atoms. The second-order valence-corrected chi connectivity index (χ2v) is 14.9. The maximum atomic E-state index is 12.4. The average molecular weight is 763 g/mol. The van der Waals surface area contributed by atoms with E-state index >= 15 is 0 Å². The van der Waals surface area contributed by atoms with Crippen molar-refractivity contribution >= 4 is 19.8 Å². The molecule has 1 aliphatic heterocycles. The summed E-state index contributed by atoms with van der Waals surface area (Å²) in [6.07, 6.45) is 46.5. The van der Waals surface area contributed by atoms with Gasteiger partial charge in [0.15, 0.2) is 6.10 Å². The molecule has 0 saturated carbocycles. The third-order valence-electron chi connectivity index (χ3n) is 8.60. The summed E-state index contributed by atoms with van der Waals surface area (Å²) in [6, 6.07) is 0. The fourth-order valence-electron chi connectivity index (χ4n) is 5.41. The highest BCUT2D eigenvalue weighted by Crippen LogP contribution is 2.36. The Morgan fingerprint density at radius 2 is 1.04 bits per heavy atom. The molecule has 0 aliphatic carbocycles. The van der Waals surface area contributed by atoms with Gasteiger partial charge in [-0.25, -0.2) is 4.57 Å². The second-order valence-electron chi connectivity index (χ2n) is 13.6. The second kappa shape index (κ2) is 34.0. The summed E-state index contributed by atoms with van der Waals surface area (Å²) < 4.78 is 32.1. The molecule has 1 heterocycles. The summed E-state index contributed by atoms with van der Waals surface area (Å²) >= 11 is 0. The molecule has 1 fully saturated rings. The molecule has 0 aromatic carbocycles. The average Bonchev–Trinajstić information content (AvgIpc) is 3.88. The number of ether oxygens (including phenoxy) is 3. The van der Waals surface area contributed by atoms with Gasteiger partial charge in [0.25, 0.3) is 0 Å². The van der Waals surface area contributed by atoms with Gasteiger partial charge in [-0.3, -0.25) is 14.1 Å². The standard InChI is InChI=1S/C43H71O9P/c1-3-5-7-9-11-13-14-15-16-17-18-19-20-22-24-26-32-36-43(45)51-39(38-50-53(46,47)48)37-49-42(44)35-31-28-27-30-34-41-40(52-41)33-29-25-23-21-12-10-8-6-4-2/h11-13,15-16,18-19,21,25,27,29-30,39-41H,3-10,14,17,20,22-24,26,28,31-38H2,1-2H3,(H2,46,47,48)/b13-11-,16-15-,19-18-,21-12-,29-25-,30-27-/t39-,40?,41?/m1/s1. The highest BCUT2D eigenvalue weighted by atomic mass is 31.2. The van der Waals surface area contributed by atoms with Crippen molar-refractivity contribution in [3.8, 4) is 0 Å². The Labute approximate surface area is 321 Å². The number of phosphoric acid groups is 1. The van der Waals surface area contributed by atoms with E-state index in [1.54, 1.807) is 0 Å². The van der Waals surface area contributed by atoms with E-state index in [1.807, 2.05) is 6.08 Å². The molecule has 302 valence electrons. The number of phosphoric ester groups is 1. The fourth-order valence-corrected chi connectivity index (χ4v) is 5.77. The largest absolute Gasteiger partial charge is 0.469 e. The van der Waals surface area contributed by atoms with Crippen molar-refractivity contribution in [3.05, 3.63) is 72.9 Å². The molecule has 53 heavy (non-hydrogen) atoms. The molecule has 3 atom stereocenters. The van der Waals surface area contributed by atoms with Gasteiger partial charge in [-0.2, -0.15) is 0 Å². The lowest BCUT2D eigenvalue weighted by atomic mass is 10.1. The molecular formula is C43H71O9P. The van der Waals surface area contributed by atoms with Gasteiger partial charge in [0.1, 0.15) is 6.61 Å². The molecule has 1 rings (SSSR count). The molecule has 0 aromatic rings. The lowest BCUT2D eigenvalue weighted by Crippen LogP contribution is -2.29. The first-order valence-corrected chi connectivity index (χ1v) is 21.9. The predicted molar refractivity (Wildman–Crippen MR) is 215 cm³/mol. The lowest BCUT2D eigenvalue weighted by Gasteiger charge is -2.18. The smallest absolute Gasteiger partial charge is 0.462 e. The number of hydrogen-bond donors (Lipinski definition) is 2. The number of carbonyl (C=O) groups excluding carboxylic acids is 2. The number of esters is 2. The Hall–Kier alpha value is -2.55. The van der Waals surface area contributed by atoms with Crippen molar-refractivity contribution in [2.45, 2.75) is 173 Å². The molecule has 10 heteroatoms. The number of carbonyl (C=O) groups is 2. The van der Waals surface area contributed by atoms with Gasteiger partial charge in [-0.1, -0.05) is 125 Å². The molecule has 0 amide bonds. The van der Waals surface area contributed by atoms with E-state index in [0.29, 0.717) is 19.3 Å².